The molecule has 0 spiro atoms. The monoisotopic (exact) mass is 280 g/mol. The third-order valence-electron chi connectivity index (χ3n) is 2.41. The largest absolute Gasteiger partial charge is 0.477 e. The van der Waals surface area contributed by atoms with E-state index >= 15 is 0 Å². The highest BCUT2D eigenvalue weighted by molar-refractivity contribution is 7.12. The molecule has 0 aliphatic carbocycles. The molecule has 0 unspecified atom stereocenters. The first kappa shape index (κ1) is 13.2. The normalized spacial score (nSPS) is 10.2. The van der Waals surface area contributed by atoms with Gasteiger partial charge in [0.1, 0.15) is 4.88 Å². The van der Waals surface area contributed by atoms with E-state index in [2.05, 4.69) is 10.3 Å². The van der Waals surface area contributed by atoms with Gasteiger partial charge in [-0.1, -0.05) is 0 Å². The summed E-state index contributed by atoms with van der Waals surface area (Å²) in [6.07, 6.45) is 1.23. The lowest BCUT2D eigenvalue weighted by Gasteiger charge is -2.06. The van der Waals surface area contributed by atoms with Gasteiger partial charge in [0.2, 0.25) is 5.95 Å². The number of hydrogen-bond acceptors (Lipinski definition) is 4. The van der Waals surface area contributed by atoms with Crippen LogP contribution in [0.5, 0.6) is 0 Å². The molecule has 0 atom stereocenters. The van der Waals surface area contributed by atoms with Gasteiger partial charge in [-0.15, -0.1) is 11.3 Å². The van der Waals surface area contributed by atoms with Crippen molar-refractivity contribution in [3.8, 4) is 0 Å². The van der Waals surface area contributed by atoms with Crippen molar-refractivity contribution in [3.05, 3.63) is 45.7 Å². The molecule has 0 aliphatic heterocycles. The molecule has 98 valence electrons. The lowest BCUT2D eigenvalue weighted by atomic mass is 10.2. The average molecular weight is 280 g/mol. The fraction of sp³-hybridized carbons (Fsp3) is 0.0833. The Morgan fingerprint density at radius 2 is 2.21 bits per heavy atom. The highest BCUT2D eigenvalue weighted by Crippen LogP contribution is 2.28. The van der Waals surface area contributed by atoms with Crippen LogP contribution in [-0.4, -0.2) is 22.0 Å². The van der Waals surface area contributed by atoms with E-state index in [1.807, 2.05) is 0 Å². The minimum atomic E-state index is -1.14. The molecule has 2 aromatic rings. The summed E-state index contributed by atoms with van der Waals surface area (Å²) in [6.45, 7) is 1.66. The first-order valence-corrected chi connectivity index (χ1v) is 6.12. The molecule has 2 N–H and O–H groups in total. The molecule has 0 aromatic carbocycles. The summed E-state index contributed by atoms with van der Waals surface area (Å²) in [6, 6.07) is 2.70. The van der Waals surface area contributed by atoms with Gasteiger partial charge in [-0.25, -0.2) is 9.78 Å². The van der Waals surface area contributed by atoms with E-state index in [-0.39, 0.29) is 16.1 Å². The zero-order valence-electron chi connectivity index (χ0n) is 9.81. The van der Waals surface area contributed by atoms with E-state index in [1.54, 1.807) is 12.3 Å². The van der Waals surface area contributed by atoms with Gasteiger partial charge in [0, 0.05) is 6.20 Å². The van der Waals surface area contributed by atoms with Crippen molar-refractivity contribution in [3.63, 3.8) is 0 Å². The Bertz CT molecular complexity index is 654. The molecule has 2 aromatic heterocycles. The molecule has 0 saturated carbocycles. The predicted octanol–water partition coefficient (Wildman–Crippen LogP) is 2.54. The maximum atomic E-state index is 13.3. The van der Waals surface area contributed by atoms with Gasteiger partial charge in [-0.2, -0.15) is 4.39 Å². The van der Waals surface area contributed by atoms with E-state index < -0.39 is 17.8 Å². The third kappa shape index (κ3) is 2.60. The van der Waals surface area contributed by atoms with Crippen LogP contribution >= 0.6 is 11.3 Å². The van der Waals surface area contributed by atoms with Crippen LogP contribution < -0.4 is 5.32 Å². The molecule has 2 rings (SSSR count). The van der Waals surface area contributed by atoms with Gasteiger partial charge in [0.15, 0.2) is 0 Å². The number of anilines is 1. The number of carbonyl (C=O) groups is 2. The number of aryl methyl sites for hydroxylation is 1. The summed E-state index contributed by atoms with van der Waals surface area (Å²) < 4.78 is 13.3. The van der Waals surface area contributed by atoms with Gasteiger partial charge in [-0.3, -0.25) is 4.79 Å². The second-order valence-electron chi connectivity index (χ2n) is 3.72. The Morgan fingerprint density at radius 3 is 2.84 bits per heavy atom. The number of carbonyl (C=O) groups excluding carboxylic acids is 1. The van der Waals surface area contributed by atoms with Gasteiger partial charge in [0.05, 0.1) is 11.3 Å². The van der Waals surface area contributed by atoms with Crippen molar-refractivity contribution < 1.29 is 19.1 Å². The van der Waals surface area contributed by atoms with Crippen LogP contribution in [0.2, 0.25) is 0 Å². The second kappa shape index (κ2) is 5.15. The van der Waals surface area contributed by atoms with E-state index in [0.717, 1.165) is 11.3 Å². The average Bonchev–Trinajstić information content (AvgIpc) is 2.71. The highest BCUT2D eigenvalue weighted by atomic mass is 32.1. The SMILES string of the molecule is Cc1csc(C(=O)O)c1NC(=O)c1cccnc1F. The smallest absolute Gasteiger partial charge is 0.348 e. The van der Waals surface area contributed by atoms with Crippen molar-refractivity contribution in [1.82, 2.24) is 4.98 Å². The summed E-state index contributed by atoms with van der Waals surface area (Å²) >= 11 is 1.00. The topological polar surface area (TPSA) is 79.3 Å². The fourth-order valence-corrected chi connectivity index (χ4v) is 2.34. The first-order valence-electron chi connectivity index (χ1n) is 5.24. The maximum absolute atomic E-state index is 13.3. The maximum Gasteiger partial charge on any atom is 0.348 e. The van der Waals surface area contributed by atoms with Crippen LogP contribution in [0.4, 0.5) is 10.1 Å². The molecule has 0 aliphatic rings. The number of aromatic nitrogens is 1. The number of carboxylic acids is 1. The molecule has 0 radical (unpaired) electrons. The number of thiophene rings is 1. The third-order valence-corrected chi connectivity index (χ3v) is 3.50. The second-order valence-corrected chi connectivity index (χ2v) is 4.60. The van der Waals surface area contributed by atoms with Crippen LogP contribution in [0.25, 0.3) is 0 Å². The van der Waals surface area contributed by atoms with Crippen LogP contribution in [0.1, 0.15) is 25.6 Å². The van der Waals surface area contributed by atoms with Crippen molar-refractivity contribution in [1.29, 1.82) is 0 Å². The van der Waals surface area contributed by atoms with Crippen molar-refractivity contribution in [2.24, 2.45) is 0 Å². The molecular weight excluding hydrogens is 271 g/mol. The Labute approximate surface area is 111 Å². The Hall–Kier alpha value is -2.28. The number of nitrogens with zero attached hydrogens (tertiary/aromatic N) is 1. The number of nitrogens with one attached hydrogen (secondary N) is 1. The van der Waals surface area contributed by atoms with Crippen LogP contribution in [0.15, 0.2) is 23.7 Å². The van der Waals surface area contributed by atoms with Crippen molar-refractivity contribution in [2.45, 2.75) is 6.92 Å². The van der Waals surface area contributed by atoms with Gasteiger partial charge < -0.3 is 10.4 Å². The molecule has 19 heavy (non-hydrogen) atoms. The summed E-state index contributed by atoms with van der Waals surface area (Å²) in [4.78, 5) is 26.3. The number of pyridine rings is 1. The Kier molecular flexibility index (Phi) is 3.57. The van der Waals surface area contributed by atoms with Crippen LogP contribution in [0, 0.1) is 12.9 Å². The molecule has 0 fully saturated rings. The number of amides is 1. The highest BCUT2D eigenvalue weighted by Gasteiger charge is 2.19. The molecule has 2 heterocycles. The number of carboxylic acid groups (broad SMARTS) is 1. The zero-order valence-corrected chi connectivity index (χ0v) is 10.6. The molecule has 0 bridgehead atoms. The Balaban J connectivity index is 2.32. The van der Waals surface area contributed by atoms with Gasteiger partial charge in [-0.05, 0) is 30.0 Å². The minimum absolute atomic E-state index is 0.00940. The molecule has 0 saturated heterocycles. The van der Waals surface area contributed by atoms with E-state index in [9.17, 15) is 14.0 Å². The van der Waals surface area contributed by atoms with Crippen LogP contribution in [0.3, 0.4) is 0 Å². The quantitative estimate of drug-likeness (QED) is 0.847. The fourth-order valence-electron chi connectivity index (χ4n) is 1.49. The predicted molar refractivity (Wildman–Crippen MR) is 68.2 cm³/mol. The van der Waals surface area contributed by atoms with Crippen molar-refractivity contribution in [2.75, 3.05) is 5.32 Å². The number of halogens is 1. The number of aromatic carboxylic acids is 1. The lowest BCUT2D eigenvalue weighted by molar-refractivity contribution is 0.0703. The summed E-state index contributed by atoms with van der Waals surface area (Å²) in [5.74, 6) is -2.76. The number of rotatable bonds is 3. The molecule has 7 heteroatoms. The lowest BCUT2D eigenvalue weighted by Crippen LogP contribution is -2.16. The van der Waals surface area contributed by atoms with Crippen molar-refractivity contribution >= 4 is 28.9 Å². The molecule has 1 amide bonds. The summed E-state index contributed by atoms with van der Waals surface area (Å²) in [7, 11) is 0. The van der Waals surface area contributed by atoms with Gasteiger partial charge in [0.25, 0.3) is 5.91 Å². The van der Waals surface area contributed by atoms with E-state index in [0.29, 0.717) is 5.56 Å². The molecular formula is C12H9FN2O3S. The summed E-state index contributed by atoms with van der Waals surface area (Å²) in [5.41, 5.74) is 0.565. The standard InChI is InChI=1S/C12H9FN2O3S/c1-6-5-19-9(12(17)18)8(6)15-11(16)7-3-2-4-14-10(7)13/h2-5H,1H3,(H,15,16)(H,17,18). The molecule has 5 nitrogen and oxygen atoms in total. The van der Waals surface area contributed by atoms with E-state index in [4.69, 9.17) is 5.11 Å². The zero-order chi connectivity index (χ0) is 14.0. The minimum Gasteiger partial charge on any atom is -0.477 e. The van der Waals surface area contributed by atoms with Crippen LogP contribution in [-0.2, 0) is 0 Å². The van der Waals surface area contributed by atoms with E-state index in [1.165, 1.54) is 18.3 Å². The Morgan fingerprint density at radius 1 is 1.47 bits per heavy atom. The number of hydrogen-bond donors (Lipinski definition) is 2. The first-order chi connectivity index (χ1) is 9.00. The van der Waals surface area contributed by atoms with Gasteiger partial charge >= 0.3 is 5.97 Å². The summed E-state index contributed by atoms with van der Waals surface area (Å²) in [5, 5.41) is 13.0.